The molecule has 5 aromatic rings. The number of benzene rings is 3. The van der Waals surface area contributed by atoms with E-state index in [1.165, 1.54) is 6.33 Å². The fourth-order valence-electron chi connectivity index (χ4n) is 4.40. The zero-order valence-corrected chi connectivity index (χ0v) is 21.4. The van der Waals surface area contributed by atoms with E-state index in [1.807, 2.05) is 72.8 Å². The number of ketones is 1. The maximum Gasteiger partial charge on any atom is 0.231 e. The van der Waals surface area contributed by atoms with E-state index in [1.54, 1.807) is 6.07 Å². The zero-order valence-electron chi connectivity index (χ0n) is 20.7. The van der Waals surface area contributed by atoms with Crippen LogP contribution >= 0.6 is 11.6 Å². The molecule has 6 nitrogen and oxygen atoms in total. The van der Waals surface area contributed by atoms with Crippen LogP contribution in [0.4, 0.5) is 0 Å². The van der Waals surface area contributed by atoms with Crippen molar-refractivity contribution in [2.75, 3.05) is 0 Å². The molecule has 0 bridgehead atoms. The third-order valence-electron chi connectivity index (χ3n) is 6.64. The van der Waals surface area contributed by atoms with E-state index in [0.717, 1.165) is 46.4 Å². The number of carbonyl (C=O) groups is 1. The Labute approximate surface area is 225 Å². The summed E-state index contributed by atoms with van der Waals surface area (Å²) in [6, 6.07) is 25.4. The van der Waals surface area contributed by atoms with E-state index in [0.29, 0.717) is 47.7 Å². The van der Waals surface area contributed by atoms with Gasteiger partial charge in [-0.1, -0.05) is 48.0 Å². The molecule has 3 aromatic carbocycles. The number of aromatic nitrogens is 3. The molecule has 6 rings (SSSR count). The van der Waals surface area contributed by atoms with Crippen molar-refractivity contribution in [3.8, 4) is 28.6 Å². The summed E-state index contributed by atoms with van der Waals surface area (Å²) in [5, 5.41) is 1.27. The van der Waals surface area contributed by atoms with E-state index in [2.05, 4.69) is 15.0 Å². The van der Waals surface area contributed by atoms with E-state index in [4.69, 9.17) is 21.1 Å². The predicted octanol–water partition coefficient (Wildman–Crippen LogP) is 7.56. The van der Waals surface area contributed by atoms with Crippen LogP contribution in [0, 0.1) is 5.92 Å². The van der Waals surface area contributed by atoms with Gasteiger partial charge in [0.25, 0.3) is 0 Å². The molecule has 0 radical (unpaired) electrons. The molecular formula is C31H26ClN3O3. The second kappa shape index (κ2) is 10.7. The quantitative estimate of drug-likeness (QED) is 0.204. The average Bonchev–Trinajstić information content (AvgIpc) is 3.63. The number of H-pyrrole nitrogens is 1. The van der Waals surface area contributed by atoms with Crippen LogP contribution in [0.1, 0.15) is 30.4 Å². The molecule has 190 valence electrons. The summed E-state index contributed by atoms with van der Waals surface area (Å²) in [6.07, 6.45) is 4.78. The Bertz CT molecular complexity index is 1580. The third kappa shape index (κ3) is 5.71. The minimum atomic E-state index is 0.233. The molecule has 0 spiro atoms. The second-order valence-electron chi connectivity index (χ2n) is 9.64. The Kier molecular flexibility index (Phi) is 6.80. The fraction of sp³-hybridized carbons (Fsp3) is 0.194. The minimum absolute atomic E-state index is 0.233. The smallest absolute Gasteiger partial charge is 0.231 e. The molecule has 1 aliphatic carbocycles. The van der Waals surface area contributed by atoms with Crippen molar-refractivity contribution in [3.05, 3.63) is 101 Å². The van der Waals surface area contributed by atoms with Crippen molar-refractivity contribution in [2.24, 2.45) is 5.92 Å². The van der Waals surface area contributed by atoms with Crippen molar-refractivity contribution in [1.29, 1.82) is 0 Å². The molecule has 0 atom stereocenters. The number of nitrogens with one attached hydrogen (secondary N) is 1. The summed E-state index contributed by atoms with van der Waals surface area (Å²) in [4.78, 5) is 24.3. The van der Waals surface area contributed by atoms with E-state index >= 15 is 0 Å². The maximum absolute atomic E-state index is 12.2. The predicted molar refractivity (Wildman–Crippen MR) is 148 cm³/mol. The highest BCUT2D eigenvalue weighted by molar-refractivity contribution is 6.31. The lowest BCUT2D eigenvalue weighted by atomic mass is 10.0. The minimum Gasteiger partial charge on any atom is -0.489 e. The van der Waals surface area contributed by atoms with Crippen molar-refractivity contribution >= 4 is 28.4 Å². The second-order valence-corrected chi connectivity index (χ2v) is 10.0. The molecule has 0 saturated heterocycles. The zero-order chi connectivity index (χ0) is 25.9. The molecular weight excluding hydrogens is 498 g/mol. The third-order valence-corrected chi connectivity index (χ3v) is 6.99. The van der Waals surface area contributed by atoms with Gasteiger partial charge < -0.3 is 14.5 Å². The molecule has 2 aromatic heterocycles. The van der Waals surface area contributed by atoms with Gasteiger partial charge in [0.15, 0.2) is 0 Å². The van der Waals surface area contributed by atoms with Crippen LogP contribution in [0.15, 0.2) is 85.2 Å². The molecule has 1 fully saturated rings. The summed E-state index contributed by atoms with van der Waals surface area (Å²) in [5.74, 6) is 2.58. The number of fused-ring (bicyclic) bond motifs is 1. The van der Waals surface area contributed by atoms with E-state index in [-0.39, 0.29) is 5.78 Å². The van der Waals surface area contributed by atoms with Crippen molar-refractivity contribution in [1.82, 2.24) is 15.0 Å². The summed E-state index contributed by atoms with van der Waals surface area (Å²) in [7, 11) is 0. The van der Waals surface area contributed by atoms with Gasteiger partial charge in [0.05, 0.1) is 5.39 Å². The van der Waals surface area contributed by atoms with E-state index < -0.39 is 0 Å². The average molecular weight is 524 g/mol. The standard InChI is InChI=1S/C31H26ClN3O3/c32-28-16-26(13-10-23(28)15-24(36)14-20-6-7-20)38-31-27-17-29(35-30(27)33-19-34-31)22-8-11-25(12-9-22)37-18-21-4-2-1-3-5-21/h1-5,8-13,16-17,19-20H,6-7,14-15,18H2,(H,33,34,35). The van der Waals surface area contributed by atoms with E-state index in [9.17, 15) is 4.79 Å². The van der Waals surface area contributed by atoms with Gasteiger partial charge in [0.2, 0.25) is 5.88 Å². The summed E-state index contributed by atoms with van der Waals surface area (Å²) < 4.78 is 12.0. The molecule has 1 N–H and O–H groups in total. The molecule has 0 aliphatic heterocycles. The first-order chi connectivity index (χ1) is 18.6. The Morgan fingerprint density at radius 1 is 0.947 bits per heavy atom. The van der Waals surface area contributed by atoms with Gasteiger partial charge >= 0.3 is 0 Å². The SMILES string of the molecule is O=C(Cc1ccc(Oc2ncnc3[nH]c(-c4ccc(OCc5ccccc5)cc4)cc23)cc1Cl)CC1CC1. The molecule has 0 unspecified atom stereocenters. The van der Waals surface area contributed by atoms with Crippen molar-refractivity contribution < 1.29 is 14.3 Å². The maximum atomic E-state index is 12.2. The van der Waals surface area contributed by atoms with Crippen LogP contribution in [0.3, 0.4) is 0 Å². The van der Waals surface area contributed by atoms with Crippen LogP contribution < -0.4 is 9.47 Å². The van der Waals surface area contributed by atoms with Crippen LogP contribution in [-0.2, 0) is 17.8 Å². The Morgan fingerprint density at radius 2 is 1.74 bits per heavy atom. The van der Waals surface area contributed by atoms with Gasteiger partial charge in [-0.2, -0.15) is 0 Å². The van der Waals surface area contributed by atoms with Crippen LogP contribution in [0.5, 0.6) is 17.4 Å². The summed E-state index contributed by atoms with van der Waals surface area (Å²) in [6.45, 7) is 0.518. The number of halogens is 1. The lowest BCUT2D eigenvalue weighted by Gasteiger charge is -2.08. The number of aromatic amines is 1. The number of carbonyl (C=O) groups excluding carboxylic acids is 1. The number of nitrogens with zero attached hydrogens (tertiary/aromatic N) is 2. The number of hydrogen-bond acceptors (Lipinski definition) is 5. The molecule has 7 heteroatoms. The van der Waals surface area contributed by atoms with Crippen molar-refractivity contribution in [2.45, 2.75) is 32.3 Å². The number of ether oxygens (including phenoxy) is 2. The lowest BCUT2D eigenvalue weighted by Crippen LogP contribution is -2.04. The normalized spacial score (nSPS) is 13.0. The number of hydrogen-bond donors (Lipinski definition) is 1. The van der Waals surface area contributed by atoms with Gasteiger partial charge in [0.1, 0.15) is 35.9 Å². The van der Waals surface area contributed by atoms with Gasteiger partial charge in [-0.05, 0) is 77.9 Å². The van der Waals surface area contributed by atoms with Gasteiger partial charge in [0, 0.05) is 23.6 Å². The Morgan fingerprint density at radius 3 is 2.50 bits per heavy atom. The highest BCUT2D eigenvalue weighted by Crippen LogP contribution is 2.35. The Hall–Kier alpha value is -4.16. The molecule has 2 heterocycles. The first-order valence-electron chi connectivity index (χ1n) is 12.7. The van der Waals surface area contributed by atoms with Crippen LogP contribution in [-0.4, -0.2) is 20.7 Å². The first kappa shape index (κ1) is 24.2. The molecule has 38 heavy (non-hydrogen) atoms. The van der Waals surface area contributed by atoms with Crippen LogP contribution in [0.2, 0.25) is 5.02 Å². The van der Waals surface area contributed by atoms with Gasteiger partial charge in [-0.15, -0.1) is 0 Å². The molecule has 1 aliphatic rings. The monoisotopic (exact) mass is 523 g/mol. The first-order valence-corrected chi connectivity index (χ1v) is 13.1. The Balaban J connectivity index is 1.16. The number of rotatable bonds is 10. The van der Waals surface area contributed by atoms with Gasteiger partial charge in [-0.3, -0.25) is 4.79 Å². The summed E-state index contributed by atoms with van der Waals surface area (Å²) >= 11 is 6.48. The van der Waals surface area contributed by atoms with Crippen LogP contribution in [0.25, 0.3) is 22.3 Å². The highest BCUT2D eigenvalue weighted by Gasteiger charge is 2.24. The summed E-state index contributed by atoms with van der Waals surface area (Å²) in [5.41, 5.74) is 4.49. The molecule has 0 amide bonds. The fourth-order valence-corrected chi connectivity index (χ4v) is 4.64. The van der Waals surface area contributed by atoms with Gasteiger partial charge in [-0.25, -0.2) is 9.97 Å². The highest BCUT2D eigenvalue weighted by atomic mass is 35.5. The molecule has 1 saturated carbocycles. The number of Topliss-reactive ketones (excluding diaryl/α,β-unsaturated/α-hetero) is 1. The largest absolute Gasteiger partial charge is 0.489 e. The van der Waals surface area contributed by atoms with Crippen molar-refractivity contribution in [3.63, 3.8) is 0 Å². The topological polar surface area (TPSA) is 77.1 Å². The lowest BCUT2D eigenvalue weighted by molar-refractivity contribution is -0.118.